The zero-order valence-corrected chi connectivity index (χ0v) is 13.9. The van der Waals surface area contributed by atoms with E-state index < -0.39 is 16.2 Å². The molecular weight excluding hydrogens is 340 g/mol. The zero-order chi connectivity index (χ0) is 16.4. The van der Waals surface area contributed by atoms with Gasteiger partial charge in [0.1, 0.15) is 13.2 Å². The summed E-state index contributed by atoms with van der Waals surface area (Å²) in [4.78, 5) is 0.110. The highest BCUT2D eigenvalue weighted by atomic mass is 35.5. The Morgan fingerprint density at radius 2 is 1.96 bits per heavy atom. The Morgan fingerprint density at radius 3 is 2.70 bits per heavy atom. The predicted molar refractivity (Wildman–Crippen MR) is 85.7 cm³/mol. The van der Waals surface area contributed by atoms with Crippen LogP contribution in [0.3, 0.4) is 0 Å². The SMILES string of the molecule is Cc1ccc(S(=O)(=O)OC[C@H]2COc3cccc(Cl)c3O2)cc1. The van der Waals surface area contributed by atoms with Gasteiger partial charge in [0, 0.05) is 0 Å². The van der Waals surface area contributed by atoms with E-state index in [0.717, 1.165) is 5.56 Å². The Morgan fingerprint density at radius 1 is 1.22 bits per heavy atom. The minimum atomic E-state index is -3.83. The average molecular weight is 355 g/mol. The van der Waals surface area contributed by atoms with Gasteiger partial charge in [-0.2, -0.15) is 8.42 Å². The Hall–Kier alpha value is -1.76. The molecular formula is C16H15ClO5S. The molecule has 0 saturated heterocycles. The summed E-state index contributed by atoms with van der Waals surface area (Å²) >= 11 is 6.04. The second kappa shape index (κ2) is 6.39. The van der Waals surface area contributed by atoms with Gasteiger partial charge in [-0.05, 0) is 31.2 Å². The average Bonchev–Trinajstić information content (AvgIpc) is 2.54. The van der Waals surface area contributed by atoms with Crippen molar-refractivity contribution in [1.29, 1.82) is 0 Å². The molecule has 122 valence electrons. The first kappa shape index (κ1) is 16.1. The molecule has 1 aliphatic rings. The molecule has 1 heterocycles. The van der Waals surface area contributed by atoms with E-state index >= 15 is 0 Å². The molecule has 0 unspecified atom stereocenters. The number of aryl methyl sites for hydroxylation is 1. The maximum absolute atomic E-state index is 12.2. The van der Waals surface area contributed by atoms with E-state index in [1.54, 1.807) is 30.3 Å². The van der Waals surface area contributed by atoms with Gasteiger partial charge in [0.15, 0.2) is 17.6 Å². The molecule has 0 spiro atoms. The normalized spacial score (nSPS) is 17.0. The fourth-order valence-corrected chi connectivity index (χ4v) is 3.27. The summed E-state index contributed by atoms with van der Waals surface area (Å²) in [5, 5.41) is 0.411. The fraction of sp³-hybridized carbons (Fsp3) is 0.250. The molecule has 3 rings (SSSR count). The molecule has 23 heavy (non-hydrogen) atoms. The second-order valence-electron chi connectivity index (χ2n) is 5.17. The number of hydrogen-bond donors (Lipinski definition) is 0. The highest BCUT2D eigenvalue weighted by Crippen LogP contribution is 2.38. The van der Waals surface area contributed by atoms with E-state index in [2.05, 4.69) is 0 Å². The molecule has 2 aromatic carbocycles. The number of para-hydroxylation sites is 1. The van der Waals surface area contributed by atoms with Crippen molar-refractivity contribution in [1.82, 2.24) is 0 Å². The molecule has 0 N–H and O–H groups in total. The fourth-order valence-electron chi connectivity index (χ4n) is 2.12. The maximum Gasteiger partial charge on any atom is 0.297 e. The van der Waals surface area contributed by atoms with E-state index in [0.29, 0.717) is 16.5 Å². The summed E-state index contributed by atoms with van der Waals surface area (Å²) in [5.74, 6) is 0.942. The van der Waals surface area contributed by atoms with Crippen LogP contribution >= 0.6 is 11.6 Å². The first-order valence-corrected chi connectivity index (χ1v) is 8.78. The quantitative estimate of drug-likeness (QED) is 0.789. The molecule has 7 heteroatoms. The van der Waals surface area contributed by atoms with Crippen LogP contribution in [0.4, 0.5) is 0 Å². The third-order valence-corrected chi connectivity index (χ3v) is 4.95. The van der Waals surface area contributed by atoms with E-state index in [1.807, 2.05) is 6.92 Å². The summed E-state index contributed by atoms with van der Waals surface area (Å²) < 4.78 is 40.6. The van der Waals surface area contributed by atoms with Crippen molar-refractivity contribution >= 4 is 21.7 Å². The van der Waals surface area contributed by atoms with Gasteiger partial charge in [0.2, 0.25) is 0 Å². The third-order valence-electron chi connectivity index (χ3n) is 3.36. The van der Waals surface area contributed by atoms with Crippen LogP contribution < -0.4 is 9.47 Å². The van der Waals surface area contributed by atoms with Gasteiger partial charge in [-0.3, -0.25) is 4.18 Å². The van der Waals surface area contributed by atoms with Gasteiger partial charge < -0.3 is 9.47 Å². The van der Waals surface area contributed by atoms with Crippen molar-refractivity contribution in [3.8, 4) is 11.5 Å². The minimum Gasteiger partial charge on any atom is -0.486 e. The number of fused-ring (bicyclic) bond motifs is 1. The van der Waals surface area contributed by atoms with Crippen molar-refractivity contribution in [3.05, 3.63) is 53.1 Å². The smallest absolute Gasteiger partial charge is 0.297 e. The Labute approximate surface area is 139 Å². The molecule has 0 bridgehead atoms. The summed E-state index contributed by atoms with van der Waals surface area (Å²) in [6.45, 7) is 1.92. The number of halogens is 1. The number of rotatable bonds is 4. The van der Waals surface area contributed by atoms with Crippen LogP contribution in [0, 0.1) is 6.92 Å². The lowest BCUT2D eigenvalue weighted by Crippen LogP contribution is -2.34. The molecule has 5 nitrogen and oxygen atoms in total. The topological polar surface area (TPSA) is 61.8 Å². The lowest BCUT2D eigenvalue weighted by molar-refractivity contribution is 0.0556. The molecule has 2 aromatic rings. The lowest BCUT2D eigenvalue weighted by Gasteiger charge is -2.26. The Balaban J connectivity index is 1.67. The van der Waals surface area contributed by atoms with Gasteiger partial charge in [-0.1, -0.05) is 35.4 Å². The first-order valence-electron chi connectivity index (χ1n) is 7.00. The first-order chi connectivity index (χ1) is 11.0. The van der Waals surface area contributed by atoms with Crippen LogP contribution in [-0.4, -0.2) is 27.7 Å². The summed E-state index contributed by atoms with van der Waals surface area (Å²) in [6, 6.07) is 11.6. The van der Waals surface area contributed by atoms with E-state index in [1.165, 1.54) is 12.1 Å². The Bertz CT molecular complexity index is 802. The zero-order valence-electron chi connectivity index (χ0n) is 12.4. The van der Waals surface area contributed by atoms with Gasteiger partial charge >= 0.3 is 0 Å². The maximum atomic E-state index is 12.2. The van der Waals surface area contributed by atoms with Crippen molar-refractivity contribution in [2.24, 2.45) is 0 Å². The molecule has 0 saturated carbocycles. The van der Waals surface area contributed by atoms with Gasteiger partial charge in [0.25, 0.3) is 10.1 Å². The minimum absolute atomic E-state index is 0.110. The van der Waals surface area contributed by atoms with Crippen LogP contribution in [0.25, 0.3) is 0 Å². The number of ether oxygens (including phenoxy) is 2. The molecule has 0 amide bonds. The van der Waals surface area contributed by atoms with Crippen molar-refractivity contribution < 1.29 is 22.1 Å². The van der Waals surface area contributed by atoms with Crippen LogP contribution in [0.1, 0.15) is 5.56 Å². The van der Waals surface area contributed by atoms with Crippen molar-refractivity contribution in [2.45, 2.75) is 17.9 Å². The largest absolute Gasteiger partial charge is 0.486 e. The van der Waals surface area contributed by atoms with Crippen LogP contribution in [0.2, 0.25) is 5.02 Å². The van der Waals surface area contributed by atoms with Crippen LogP contribution in [0.5, 0.6) is 11.5 Å². The number of benzene rings is 2. The highest BCUT2D eigenvalue weighted by Gasteiger charge is 2.26. The Kier molecular flexibility index (Phi) is 4.48. The monoisotopic (exact) mass is 354 g/mol. The van der Waals surface area contributed by atoms with E-state index in [9.17, 15) is 8.42 Å². The predicted octanol–water partition coefficient (Wildman–Crippen LogP) is 3.19. The standard InChI is InChI=1S/C16H15ClO5S/c1-11-5-7-13(8-6-11)23(18,19)21-10-12-9-20-15-4-2-3-14(17)16(15)22-12/h2-8,12H,9-10H2,1H3/t12-/m1/s1. The van der Waals surface area contributed by atoms with Crippen molar-refractivity contribution in [3.63, 3.8) is 0 Å². The molecule has 0 aromatic heterocycles. The lowest BCUT2D eigenvalue weighted by atomic mass is 10.2. The molecule has 0 aliphatic carbocycles. The van der Waals surface area contributed by atoms with E-state index in [-0.39, 0.29) is 18.1 Å². The second-order valence-corrected chi connectivity index (χ2v) is 7.19. The summed E-state index contributed by atoms with van der Waals surface area (Å²) in [7, 11) is -3.83. The summed E-state index contributed by atoms with van der Waals surface area (Å²) in [5.41, 5.74) is 0.971. The number of hydrogen-bond acceptors (Lipinski definition) is 5. The molecule has 0 fully saturated rings. The summed E-state index contributed by atoms with van der Waals surface area (Å²) in [6.07, 6.45) is -0.553. The molecule has 1 atom stereocenters. The van der Waals surface area contributed by atoms with E-state index in [4.69, 9.17) is 25.3 Å². The van der Waals surface area contributed by atoms with Crippen LogP contribution in [-0.2, 0) is 14.3 Å². The van der Waals surface area contributed by atoms with Crippen molar-refractivity contribution in [2.75, 3.05) is 13.2 Å². The van der Waals surface area contributed by atoms with Crippen LogP contribution in [0.15, 0.2) is 47.4 Å². The third kappa shape index (κ3) is 3.60. The van der Waals surface area contributed by atoms with Gasteiger partial charge in [-0.25, -0.2) is 0 Å². The highest BCUT2D eigenvalue weighted by molar-refractivity contribution is 7.86. The molecule has 0 radical (unpaired) electrons. The van der Waals surface area contributed by atoms with Gasteiger partial charge in [-0.15, -0.1) is 0 Å². The van der Waals surface area contributed by atoms with Gasteiger partial charge in [0.05, 0.1) is 9.92 Å². The molecule has 1 aliphatic heterocycles.